The Labute approximate surface area is 93.5 Å². The Morgan fingerprint density at radius 1 is 1.13 bits per heavy atom. The van der Waals surface area contributed by atoms with Gasteiger partial charge in [-0.05, 0) is 25.3 Å². The highest BCUT2D eigenvalue weighted by Crippen LogP contribution is 2.28. The molecule has 1 aromatic rings. The van der Waals surface area contributed by atoms with Crippen molar-refractivity contribution >= 4 is 0 Å². The highest BCUT2D eigenvalue weighted by molar-refractivity contribution is 5.21. The maximum Gasteiger partial charge on any atom is 0.0900 e. The smallest absolute Gasteiger partial charge is 0.0900 e. The van der Waals surface area contributed by atoms with Crippen LogP contribution in [-0.4, -0.2) is 6.61 Å². The number of hydrogen-bond donors (Lipinski definition) is 0. The minimum absolute atomic E-state index is 0.115. The van der Waals surface area contributed by atoms with Crippen LogP contribution in [0.25, 0.3) is 0 Å². The monoisotopic (exact) mass is 206 g/mol. The van der Waals surface area contributed by atoms with Crippen molar-refractivity contribution in [2.24, 2.45) is 0 Å². The van der Waals surface area contributed by atoms with Gasteiger partial charge < -0.3 is 4.74 Å². The molecule has 1 heteroatoms. The van der Waals surface area contributed by atoms with Gasteiger partial charge in [0.15, 0.2) is 0 Å². The van der Waals surface area contributed by atoms with Gasteiger partial charge in [0.2, 0.25) is 0 Å². The lowest BCUT2D eigenvalue weighted by atomic mass is 9.93. The number of unbranched alkanes of at least 4 members (excludes halogenated alkanes) is 1. The van der Waals surface area contributed by atoms with Crippen molar-refractivity contribution in [3.63, 3.8) is 0 Å². The molecule has 0 amide bonds. The average molecular weight is 206 g/mol. The Morgan fingerprint density at radius 3 is 2.33 bits per heavy atom. The molecule has 0 saturated heterocycles. The largest absolute Gasteiger partial charge is 0.371 e. The Bertz CT molecular complexity index is 268. The van der Waals surface area contributed by atoms with E-state index >= 15 is 0 Å². The summed E-state index contributed by atoms with van der Waals surface area (Å²) in [6.07, 6.45) is 3.34. The molecule has 0 radical (unpaired) electrons. The fourth-order valence-corrected chi connectivity index (χ4v) is 1.62. The number of ether oxygens (including phenoxy) is 1. The maximum absolute atomic E-state index is 6.01. The van der Waals surface area contributed by atoms with Crippen LogP contribution in [0, 0.1) is 0 Å². The molecule has 1 atom stereocenters. The van der Waals surface area contributed by atoms with Crippen molar-refractivity contribution in [2.75, 3.05) is 6.61 Å². The van der Waals surface area contributed by atoms with Crippen LogP contribution < -0.4 is 0 Å². The lowest BCUT2D eigenvalue weighted by molar-refractivity contribution is -0.0404. The SMILES string of the molecule is CCCCOC(C)(CC)c1ccccc1. The van der Waals surface area contributed by atoms with Gasteiger partial charge in [-0.25, -0.2) is 0 Å². The first-order valence-electron chi connectivity index (χ1n) is 5.92. The number of hydrogen-bond acceptors (Lipinski definition) is 1. The lowest BCUT2D eigenvalue weighted by Gasteiger charge is -2.29. The summed E-state index contributed by atoms with van der Waals surface area (Å²) in [5.41, 5.74) is 1.17. The quantitative estimate of drug-likeness (QED) is 0.636. The molecule has 1 aromatic carbocycles. The summed E-state index contributed by atoms with van der Waals surface area (Å²) in [4.78, 5) is 0. The third kappa shape index (κ3) is 3.35. The molecule has 1 rings (SSSR count). The van der Waals surface area contributed by atoms with Gasteiger partial charge in [0.1, 0.15) is 0 Å². The molecule has 0 bridgehead atoms. The molecule has 0 heterocycles. The van der Waals surface area contributed by atoms with Crippen molar-refractivity contribution in [3.8, 4) is 0 Å². The van der Waals surface area contributed by atoms with Crippen molar-refractivity contribution < 1.29 is 4.74 Å². The summed E-state index contributed by atoms with van der Waals surface area (Å²) in [6, 6.07) is 10.5. The van der Waals surface area contributed by atoms with Crippen LogP contribution in [0.15, 0.2) is 30.3 Å². The fraction of sp³-hybridized carbons (Fsp3) is 0.571. The first-order chi connectivity index (χ1) is 7.23. The van der Waals surface area contributed by atoms with Crippen LogP contribution in [0.3, 0.4) is 0 Å². The zero-order valence-corrected chi connectivity index (χ0v) is 10.1. The maximum atomic E-state index is 6.01. The highest BCUT2D eigenvalue weighted by atomic mass is 16.5. The van der Waals surface area contributed by atoms with E-state index in [9.17, 15) is 0 Å². The third-order valence-corrected chi connectivity index (χ3v) is 2.98. The Hall–Kier alpha value is -0.820. The van der Waals surface area contributed by atoms with Crippen LogP contribution >= 0.6 is 0 Å². The van der Waals surface area contributed by atoms with E-state index in [1.54, 1.807) is 0 Å². The van der Waals surface area contributed by atoms with Gasteiger partial charge in [0.05, 0.1) is 5.60 Å². The van der Waals surface area contributed by atoms with Gasteiger partial charge in [-0.3, -0.25) is 0 Å². The first kappa shape index (κ1) is 12.3. The molecular formula is C14H22O. The van der Waals surface area contributed by atoms with Crippen LogP contribution in [0.4, 0.5) is 0 Å². The zero-order chi connectivity index (χ0) is 11.1. The normalized spacial score (nSPS) is 14.9. The molecule has 1 nitrogen and oxygen atoms in total. The summed E-state index contributed by atoms with van der Waals surface area (Å²) in [6.45, 7) is 7.40. The summed E-state index contributed by atoms with van der Waals surface area (Å²) in [5, 5.41) is 0. The summed E-state index contributed by atoms with van der Waals surface area (Å²) < 4.78 is 6.01. The molecule has 0 N–H and O–H groups in total. The zero-order valence-electron chi connectivity index (χ0n) is 10.1. The number of benzene rings is 1. The topological polar surface area (TPSA) is 9.23 Å². The van der Waals surface area contributed by atoms with E-state index in [0.29, 0.717) is 0 Å². The average Bonchev–Trinajstić information content (AvgIpc) is 2.30. The molecule has 0 fully saturated rings. The minimum atomic E-state index is -0.115. The second-order valence-electron chi connectivity index (χ2n) is 4.15. The lowest BCUT2D eigenvalue weighted by Crippen LogP contribution is -2.25. The van der Waals surface area contributed by atoms with E-state index in [-0.39, 0.29) is 5.60 Å². The summed E-state index contributed by atoms with van der Waals surface area (Å²) in [7, 11) is 0. The van der Waals surface area contributed by atoms with E-state index in [1.165, 1.54) is 12.0 Å². The van der Waals surface area contributed by atoms with Gasteiger partial charge in [-0.15, -0.1) is 0 Å². The van der Waals surface area contributed by atoms with Crippen molar-refractivity contribution in [2.45, 2.75) is 45.6 Å². The van der Waals surface area contributed by atoms with Crippen LogP contribution in [0.2, 0.25) is 0 Å². The third-order valence-electron chi connectivity index (χ3n) is 2.98. The van der Waals surface area contributed by atoms with E-state index in [0.717, 1.165) is 19.4 Å². The Kier molecular flexibility index (Phi) is 4.83. The fourth-order valence-electron chi connectivity index (χ4n) is 1.62. The molecule has 84 valence electrons. The predicted octanol–water partition coefficient (Wildman–Crippen LogP) is 4.13. The van der Waals surface area contributed by atoms with Gasteiger partial charge in [-0.1, -0.05) is 50.6 Å². The minimum Gasteiger partial charge on any atom is -0.371 e. The molecule has 0 aliphatic heterocycles. The van der Waals surface area contributed by atoms with Crippen molar-refractivity contribution in [3.05, 3.63) is 35.9 Å². The highest BCUT2D eigenvalue weighted by Gasteiger charge is 2.24. The second-order valence-corrected chi connectivity index (χ2v) is 4.15. The standard InChI is InChI=1S/C14H22O/c1-4-6-12-15-14(3,5-2)13-10-8-7-9-11-13/h7-11H,4-6,12H2,1-3H3. The van der Waals surface area contributed by atoms with Gasteiger partial charge in [-0.2, -0.15) is 0 Å². The van der Waals surface area contributed by atoms with E-state index in [2.05, 4.69) is 45.0 Å². The molecule has 0 aliphatic carbocycles. The van der Waals surface area contributed by atoms with Crippen LogP contribution in [-0.2, 0) is 10.3 Å². The second kappa shape index (κ2) is 5.92. The number of rotatable bonds is 6. The molecular weight excluding hydrogens is 184 g/mol. The van der Waals surface area contributed by atoms with Crippen molar-refractivity contribution in [1.82, 2.24) is 0 Å². The molecule has 1 unspecified atom stereocenters. The van der Waals surface area contributed by atoms with Gasteiger partial charge >= 0.3 is 0 Å². The van der Waals surface area contributed by atoms with E-state index in [4.69, 9.17) is 4.74 Å². The van der Waals surface area contributed by atoms with Gasteiger partial charge in [0.25, 0.3) is 0 Å². The molecule has 0 aliphatic rings. The Morgan fingerprint density at radius 2 is 1.80 bits per heavy atom. The predicted molar refractivity (Wildman–Crippen MR) is 64.9 cm³/mol. The van der Waals surface area contributed by atoms with Gasteiger partial charge in [0, 0.05) is 6.61 Å². The first-order valence-corrected chi connectivity index (χ1v) is 5.92. The van der Waals surface area contributed by atoms with E-state index in [1.807, 2.05) is 6.07 Å². The van der Waals surface area contributed by atoms with Crippen LogP contribution in [0.1, 0.15) is 45.6 Å². The molecule has 0 saturated carbocycles. The van der Waals surface area contributed by atoms with Crippen LogP contribution in [0.5, 0.6) is 0 Å². The summed E-state index contributed by atoms with van der Waals surface area (Å²) in [5.74, 6) is 0. The Balaban J connectivity index is 2.67. The molecule has 15 heavy (non-hydrogen) atoms. The van der Waals surface area contributed by atoms with Crippen molar-refractivity contribution in [1.29, 1.82) is 0 Å². The molecule has 0 aromatic heterocycles. The summed E-state index contributed by atoms with van der Waals surface area (Å²) >= 11 is 0. The van der Waals surface area contributed by atoms with E-state index < -0.39 is 0 Å². The molecule has 0 spiro atoms.